The van der Waals surface area contributed by atoms with Gasteiger partial charge in [-0.15, -0.1) is 0 Å². The van der Waals surface area contributed by atoms with Crippen LogP contribution in [0, 0.1) is 0 Å². The predicted octanol–water partition coefficient (Wildman–Crippen LogP) is 3.16. The van der Waals surface area contributed by atoms with Gasteiger partial charge < -0.3 is 5.73 Å². The van der Waals surface area contributed by atoms with Gasteiger partial charge in [-0.25, -0.2) is 9.97 Å². The lowest BCUT2D eigenvalue weighted by atomic mass is 9.84. The summed E-state index contributed by atoms with van der Waals surface area (Å²) in [6.45, 7) is 5.66. The van der Waals surface area contributed by atoms with E-state index in [0.717, 1.165) is 12.8 Å². The molecule has 0 saturated carbocycles. The topological polar surface area (TPSA) is 51.8 Å². The number of nitrogens with two attached hydrogens (primary N) is 1. The number of rotatable bonds is 3. The summed E-state index contributed by atoms with van der Waals surface area (Å²) in [7, 11) is 0. The molecule has 1 heterocycles. The second kappa shape index (κ2) is 4.50. The smallest absolute Gasteiger partial charge is 0.384 e. The number of hydrogen-bond acceptors (Lipinski definition) is 3. The fourth-order valence-electron chi connectivity index (χ4n) is 1.69. The Kier molecular flexibility index (Phi) is 3.64. The van der Waals surface area contributed by atoms with Crippen LogP contribution in [-0.4, -0.2) is 9.97 Å². The Morgan fingerprint density at radius 2 is 1.82 bits per heavy atom. The van der Waals surface area contributed by atoms with Gasteiger partial charge in [-0.05, 0) is 6.42 Å². The van der Waals surface area contributed by atoms with Gasteiger partial charge in [0, 0.05) is 11.5 Å². The lowest BCUT2D eigenvalue weighted by Gasteiger charge is -2.24. The molecular formula is C11H16F3N3. The molecule has 0 aliphatic rings. The molecular weight excluding hydrogens is 231 g/mol. The first-order valence-electron chi connectivity index (χ1n) is 5.39. The molecule has 3 nitrogen and oxygen atoms in total. The van der Waals surface area contributed by atoms with Crippen molar-refractivity contribution in [3.63, 3.8) is 0 Å². The van der Waals surface area contributed by atoms with Crippen molar-refractivity contribution < 1.29 is 13.2 Å². The first kappa shape index (κ1) is 13.7. The summed E-state index contributed by atoms with van der Waals surface area (Å²) >= 11 is 0. The van der Waals surface area contributed by atoms with Gasteiger partial charge in [0.05, 0.1) is 5.69 Å². The number of halogens is 3. The number of nitrogens with zero attached hydrogens (tertiary/aromatic N) is 2. The highest BCUT2D eigenvalue weighted by atomic mass is 19.4. The lowest BCUT2D eigenvalue weighted by molar-refractivity contribution is -0.145. The molecule has 96 valence electrons. The van der Waals surface area contributed by atoms with E-state index in [2.05, 4.69) is 9.97 Å². The highest BCUT2D eigenvalue weighted by Crippen LogP contribution is 2.32. The minimum atomic E-state index is -4.56. The van der Waals surface area contributed by atoms with E-state index in [4.69, 9.17) is 5.73 Å². The molecule has 0 saturated heterocycles. The van der Waals surface area contributed by atoms with Gasteiger partial charge in [-0.2, -0.15) is 13.2 Å². The van der Waals surface area contributed by atoms with Crippen molar-refractivity contribution in [2.45, 2.75) is 45.2 Å². The van der Waals surface area contributed by atoms with Gasteiger partial charge in [0.25, 0.3) is 0 Å². The maximum atomic E-state index is 12.5. The third-order valence-electron chi connectivity index (χ3n) is 2.57. The molecule has 0 bridgehead atoms. The molecule has 1 aromatic rings. The molecule has 0 unspecified atom stereocenters. The molecule has 1 aromatic heterocycles. The van der Waals surface area contributed by atoms with E-state index in [1.165, 1.54) is 6.07 Å². The van der Waals surface area contributed by atoms with E-state index in [1.807, 2.05) is 20.8 Å². The summed E-state index contributed by atoms with van der Waals surface area (Å²) in [5.41, 5.74) is 5.29. The number of nitrogen functional groups attached to an aromatic ring is 1. The normalized spacial score (nSPS) is 12.8. The zero-order valence-corrected chi connectivity index (χ0v) is 10.1. The molecule has 0 aliphatic carbocycles. The van der Waals surface area contributed by atoms with Gasteiger partial charge in [-0.3, -0.25) is 0 Å². The molecule has 6 heteroatoms. The molecule has 0 aromatic carbocycles. The largest absolute Gasteiger partial charge is 0.451 e. The standard InChI is InChI=1S/C11H16F3N3/c1-4-5-10(2,3)7-6-8(15)17-9(16-7)11(12,13)14/h6H,4-5H2,1-3H3,(H2,15,16,17). The van der Waals surface area contributed by atoms with Crippen LogP contribution in [0.1, 0.15) is 45.1 Å². The van der Waals surface area contributed by atoms with Crippen molar-refractivity contribution >= 4 is 5.82 Å². The first-order valence-corrected chi connectivity index (χ1v) is 5.39. The van der Waals surface area contributed by atoms with Crippen molar-refractivity contribution in [3.8, 4) is 0 Å². The van der Waals surface area contributed by atoms with Crippen molar-refractivity contribution in [1.82, 2.24) is 9.97 Å². The van der Waals surface area contributed by atoms with Crippen LogP contribution in [0.3, 0.4) is 0 Å². The molecule has 0 amide bonds. The number of aromatic nitrogens is 2. The Morgan fingerprint density at radius 1 is 1.24 bits per heavy atom. The lowest BCUT2D eigenvalue weighted by Crippen LogP contribution is -2.23. The molecule has 0 fully saturated rings. The van der Waals surface area contributed by atoms with E-state index >= 15 is 0 Å². The SMILES string of the molecule is CCCC(C)(C)c1cc(N)nc(C(F)(F)F)n1. The molecule has 0 atom stereocenters. The third kappa shape index (κ3) is 3.31. The van der Waals surface area contributed by atoms with Crippen molar-refractivity contribution in [2.75, 3.05) is 5.73 Å². The van der Waals surface area contributed by atoms with E-state index in [1.54, 1.807) is 0 Å². The summed E-state index contributed by atoms with van der Waals surface area (Å²) in [5, 5.41) is 0. The van der Waals surface area contributed by atoms with Gasteiger partial charge in [-0.1, -0.05) is 27.2 Å². The van der Waals surface area contributed by atoms with Crippen molar-refractivity contribution in [3.05, 3.63) is 17.6 Å². The quantitative estimate of drug-likeness (QED) is 0.892. The van der Waals surface area contributed by atoms with Gasteiger partial charge in [0.2, 0.25) is 5.82 Å². The van der Waals surface area contributed by atoms with Crippen LogP contribution in [0.5, 0.6) is 0 Å². The molecule has 1 rings (SSSR count). The second-order valence-electron chi connectivity index (χ2n) is 4.63. The average Bonchev–Trinajstić information content (AvgIpc) is 2.15. The predicted molar refractivity (Wildman–Crippen MR) is 59.4 cm³/mol. The molecule has 0 radical (unpaired) electrons. The van der Waals surface area contributed by atoms with Crippen LogP contribution in [0.4, 0.5) is 19.0 Å². The Hall–Kier alpha value is -1.33. The van der Waals surface area contributed by atoms with Crippen LogP contribution < -0.4 is 5.73 Å². The maximum Gasteiger partial charge on any atom is 0.451 e. The fraction of sp³-hybridized carbons (Fsp3) is 0.636. The molecule has 2 N–H and O–H groups in total. The molecule has 0 aliphatic heterocycles. The third-order valence-corrected chi connectivity index (χ3v) is 2.57. The van der Waals surface area contributed by atoms with Gasteiger partial charge in [0.15, 0.2) is 0 Å². The summed E-state index contributed by atoms with van der Waals surface area (Å²) < 4.78 is 37.6. The molecule has 0 spiro atoms. The Balaban J connectivity index is 3.23. The summed E-state index contributed by atoms with van der Waals surface area (Å²) in [6, 6.07) is 1.41. The number of alkyl halides is 3. The van der Waals surface area contributed by atoms with Crippen LogP contribution in [-0.2, 0) is 11.6 Å². The second-order valence-corrected chi connectivity index (χ2v) is 4.63. The van der Waals surface area contributed by atoms with Gasteiger partial charge in [0.1, 0.15) is 5.82 Å². The maximum absolute atomic E-state index is 12.5. The zero-order valence-electron chi connectivity index (χ0n) is 10.1. The highest BCUT2D eigenvalue weighted by molar-refractivity contribution is 5.33. The highest BCUT2D eigenvalue weighted by Gasteiger charge is 2.36. The first-order chi connectivity index (χ1) is 7.66. The van der Waals surface area contributed by atoms with E-state index < -0.39 is 17.4 Å². The van der Waals surface area contributed by atoms with E-state index in [0.29, 0.717) is 5.69 Å². The van der Waals surface area contributed by atoms with Crippen LogP contribution >= 0.6 is 0 Å². The van der Waals surface area contributed by atoms with Crippen LogP contribution in [0.25, 0.3) is 0 Å². The van der Waals surface area contributed by atoms with Crippen LogP contribution in [0.15, 0.2) is 6.07 Å². The zero-order chi connectivity index (χ0) is 13.3. The minimum absolute atomic E-state index is 0.147. The van der Waals surface area contributed by atoms with Crippen molar-refractivity contribution in [2.24, 2.45) is 0 Å². The average molecular weight is 247 g/mol. The monoisotopic (exact) mass is 247 g/mol. The van der Waals surface area contributed by atoms with E-state index in [9.17, 15) is 13.2 Å². The molecule has 17 heavy (non-hydrogen) atoms. The minimum Gasteiger partial charge on any atom is -0.384 e. The van der Waals surface area contributed by atoms with Crippen molar-refractivity contribution in [1.29, 1.82) is 0 Å². The Bertz CT molecular complexity index is 399. The van der Waals surface area contributed by atoms with E-state index in [-0.39, 0.29) is 5.82 Å². The number of hydrogen-bond donors (Lipinski definition) is 1. The summed E-state index contributed by atoms with van der Waals surface area (Å²) in [6.07, 6.45) is -2.97. The summed E-state index contributed by atoms with van der Waals surface area (Å²) in [4.78, 5) is 6.80. The summed E-state index contributed by atoms with van der Waals surface area (Å²) in [5.74, 6) is -1.32. The number of anilines is 1. The fourth-order valence-corrected chi connectivity index (χ4v) is 1.69. The van der Waals surface area contributed by atoms with Gasteiger partial charge >= 0.3 is 6.18 Å². The Morgan fingerprint density at radius 3 is 2.29 bits per heavy atom. The Labute approximate surface area is 98.3 Å². The van der Waals surface area contributed by atoms with Crippen LogP contribution in [0.2, 0.25) is 0 Å².